The molecule has 2 aliphatic rings. The van der Waals surface area contributed by atoms with Gasteiger partial charge >= 0.3 is 11.0 Å². The summed E-state index contributed by atoms with van der Waals surface area (Å²) >= 11 is 7.95. The monoisotopic (exact) mass is 659 g/mol. The number of ether oxygens (including phenoxy) is 1. The highest BCUT2D eigenvalue weighted by Gasteiger charge is 2.56. The largest absolute Gasteiger partial charge is 0.497 e. The summed E-state index contributed by atoms with van der Waals surface area (Å²) in [5.74, 6) is -2.85. The van der Waals surface area contributed by atoms with Gasteiger partial charge in [0.2, 0.25) is 17.7 Å². The van der Waals surface area contributed by atoms with Crippen molar-refractivity contribution in [3.63, 3.8) is 0 Å². The van der Waals surface area contributed by atoms with Crippen LogP contribution in [-0.2, 0) is 27.1 Å². The van der Waals surface area contributed by atoms with Crippen LogP contribution in [0.4, 0.5) is 24.5 Å². The van der Waals surface area contributed by atoms with Crippen molar-refractivity contribution in [2.45, 2.75) is 28.9 Å². The Morgan fingerprint density at radius 1 is 0.977 bits per heavy atom. The van der Waals surface area contributed by atoms with Crippen molar-refractivity contribution >= 4 is 63.8 Å². The fourth-order valence-corrected chi connectivity index (χ4v) is 8.34. The number of carbonyl (C=O) groups excluding carboxylic acids is 3. The van der Waals surface area contributed by atoms with Gasteiger partial charge in [-0.3, -0.25) is 23.7 Å². The lowest BCUT2D eigenvalue weighted by molar-refractivity contribution is -0.137. The molecule has 44 heavy (non-hydrogen) atoms. The maximum atomic E-state index is 13.9. The first-order chi connectivity index (χ1) is 21.0. The second-order valence-electron chi connectivity index (χ2n) is 10.0. The number of alkyl halides is 3. The molecule has 0 spiro atoms. The van der Waals surface area contributed by atoms with Crippen molar-refractivity contribution in [2.75, 3.05) is 17.3 Å². The highest BCUT2D eigenvalue weighted by Crippen LogP contribution is 2.54. The third-order valence-corrected chi connectivity index (χ3v) is 10.3. The lowest BCUT2D eigenvalue weighted by atomic mass is 9.83. The summed E-state index contributed by atoms with van der Waals surface area (Å²) in [5.41, 5.74) is -0.475. The fraction of sp³-hybridized carbons (Fsp3) is 0.200. The zero-order valence-corrected chi connectivity index (χ0v) is 25.0. The van der Waals surface area contributed by atoms with E-state index in [9.17, 15) is 32.3 Å². The minimum Gasteiger partial charge on any atom is -0.497 e. The molecule has 1 aromatic heterocycles. The summed E-state index contributed by atoms with van der Waals surface area (Å²) in [5, 5.41) is 2.08. The quantitative estimate of drug-likeness (QED) is 0.254. The van der Waals surface area contributed by atoms with Gasteiger partial charge in [0.25, 0.3) is 0 Å². The fourth-order valence-electron chi connectivity index (χ4n) is 5.44. The number of rotatable bonds is 6. The van der Waals surface area contributed by atoms with Crippen LogP contribution in [-0.4, -0.2) is 34.6 Å². The number of halogens is 4. The summed E-state index contributed by atoms with van der Waals surface area (Å²) in [7, 11) is 1.50. The maximum Gasteiger partial charge on any atom is 0.418 e. The third-order valence-electron chi connectivity index (χ3n) is 7.42. The van der Waals surface area contributed by atoms with E-state index in [1.165, 1.54) is 19.2 Å². The number of nitrogens with zero attached hydrogens (tertiary/aromatic N) is 2. The average molecular weight is 660 g/mol. The zero-order valence-electron chi connectivity index (χ0n) is 22.6. The van der Waals surface area contributed by atoms with Crippen LogP contribution in [0.1, 0.15) is 21.9 Å². The molecule has 1 saturated heterocycles. The van der Waals surface area contributed by atoms with Gasteiger partial charge in [-0.15, -0.1) is 0 Å². The normalized spacial score (nSPS) is 19.5. The molecule has 6 rings (SSSR count). The SMILES string of the molecule is COc1ccc(N2C(=O)[C@H]3[C@H](c4ccc(Cl)cc4)c4sc(=O)n(CC(=O)Nc5ccccc5C(F)(F)F)c4S[C@H]3C2=O)cc1. The molecule has 0 bridgehead atoms. The van der Waals surface area contributed by atoms with E-state index in [0.29, 0.717) is 31.9 Å². The Bertz CT molecular complexity index is 1840. The number of methoxy groups -OCH3 is 1. The number of hydrogen-bond acceptors (Lipinski definition) is 7. The first-order valence-electron chi connectivity index (χ1n) is 13.1. The summed E-state index contributed by atoms with van der Waals surface area (Å²) in [6, 6.07) is 17.7. The Kier molecular flexibility index (Phi) is 7.80. The number of benzene rings is 3. The number of fused-ring (bicyclic) bond motifs is 2. The minimum atomic E-state index is -4.70. The predicted octanol–water partition coefficient (Wildman–Crippen LogP) is 6.03. The van der Waals surface area contributed by atoms with Crippen molar-refractivity contribution in [1.29, 1.82) is 0 Å². The molecule has 1 fully saturated rings. The molecule has 226 valence electrons. The number of nitrogens with one attached hydrogen (secondary N) is 1. The molecule has 14 heteroatoms. The van der Waals surface area contributed by atoms with Crippen LogP contribution in [0.25, 0.3) is 0 Å². The molecule has 4 aromatic rings. The number of anilines is 2. The molecule has 0 radical (unpaired) electrons. The van der Waals surface area contributed by atoms with E-state index < -0.39 is 63.7 Å². The van der Waals surface area contributed by atoms with E-state index in [-0.39, 0.29) is 0 Å². The van der Waals surface area contributed by atoms with E-state index in [1.54, 1.807) is 48.5 Å². The van der Waals surface area contributed by atoms with Crippen molar-refractivity contribution in [1.82, 2.24) is 4.57 Å². The molecular weight excluding hydrogens is 639 g/mol. The van der Waals surface area contributed by atoms with Crippen molar-refractivity contribution in [3.8, 4) is 5.75 Å². The van der Waals surface area contributed by atoms with Gasteiger partial charge in [-0.2, -0.15) is 13.2 Å². The minimum absolute atomic E-state index is 0.304. The molecule has 3 heterocycles. The first kappa shape index (κ1) is 30.0. The van der Waals surface area contributed by atoms with Crippen LogP contribution in [0.3, 0.4) is 0 Å². The lowest BCUT2D eigenvalue weighted by Crippen LogP contribution is -2.33. The summed E-state index contributed by atoms with van der Waals surface area (Å²) in [4.78, 5) is 55.1. The van der Waals surface area contributed by atoms with E-state index >= 15 is 0 Å². The van der Waals surface area contributed by atoms with Crippen LogP contribution in [0.5, 0.6) is 5.75 Å². The van der Waals surface area contributed by atoms with Gasteiger partial charge in [-0.1, -0.05) is 59.0 Å². The Balaban J connectivity index is 1.39. The molecular formula is C30H21ClF3N3O5S2. The molecule has 8 nitrogen and oxygen atoms in total. The van der Waals surface area contributed by atoms with Gasteiger partial charge in [-0.05, 0) is 54.1 Å². The third kappa shape index (κ3) is 5.29. The van der Waals surface area contributed by atoms with Crippen molar-refractivity contribution in [3.05, 3.63) is 103 Å². The van der Waals surface area contributed by atoms with Crippen molar-refractivity contribution < 1.29 is 32.3 Å². The van der Waals surface area contributed by atoms with Crippen LogP contribution in [0.2, 0.25) is 5.02 Å². The second-order valence-corrected chi connectivity index (χ2v) is 12.6. The van der Waals surface area contributed by atoms with Crippen LogP contribution in [0.15, 0.2) is 82.6 Å². The number of hydrogen-bond donors (Lipinski definition) is 1. The maximum absolute atomic E-state index is 13.9. The first-order valence-corrected chi connectivity index (χ1v) is 15.2. The molecule has 1 N–H and O–H groups in total. The van der Waals surface area contributed by atoms with Gasteiger partial charge < -0.3 is 10.1 Å². The number of amides is 3. The summed E-state index contributed by atoms with van der Waals surface area (Å²) in [6.07, 6.45) is -4.70. The number of thiazole rings is 1. The van der Waals surface area contributed by atoms with Gasteiger partial charge in [-0.25, -0.2) is 4.90 Å². The number of carbonyl (C=O) groups is 3. The van der Waals surface area contributed by atoms with E-state index in [2.05, 4.69) is 5.32 Å². The highest BCUT2D eigenvalue weighted by atomic mass is 35.5. The predicted molar refractivity (Wildman–Crippen MR) is 161 cm³/mol. The van der Waals surface area contributed by atoms with Gasteiger partial charge in [0.05, 0.1) is 35.0 Å². The van der Waals surface area contributed by atoms with E-state index in [4.69, 9.17) is 16.3 Å². The number of aromatic nitrogens is 1. The second kappa shape index (κ2) is 11.5. The Morgan fingerprint density at radius 3 is 2.32 bits per heavy atom. The number of thioether (sulfide) groups is 1. The van der Waals surface area contributed by atoms with E-state index in [1.807, 2.05) is 0 Å². The zero-order chi connectivity index (χ0) is 31.3. The molecule has 3 atom stereocenters. The Hall–Kier alpha value is -4.07. The van der Waals surface area contributed by atoms with Gasteiger partial charge in [0.1, 0.15) is 17.5 Å². The number of imide groups is 1. The topological polar surface area (TPSA) is 97.7 Å². The Morgan fingerprint density at radius 2 is 1.66 bits per heavy atom. The summed E-state index contributed by atoms with van der Waals surface area (Å²) < 4.78 is 46.8. The summed E-state index contributed by atoms with van der Waals surface area (Å²) in [6.45, 7) is -0.598. The Labute approximate surface area is 261 Å². The molecule has 0 saturated carbocycles. The molecule has 0 unspecified atom stereocenters. The molecule has 2 aliphatic heterocycles. The molecule has 3 aromatic carbocycles. The standard InChI is InChI=1S/C30H21ClF3N3O5S2/c1-42-18-12-10-17(11-13-18)37-26(39)23-22(15-6-8-16(31)9-7-15)25-28(43-24(23)27(37)40)36(29(41)44-25)14-21(38)35-20-5-3-2-4-19(20)30(32,33)34/h2-13,22-24H,14H2,1H3,(H,35,38)/t22-,23-,24+/m0/s1. The molecule has 0 aliphatic carbocycles. The highest BCUT2D eigenvalue weighted by molar-refractivity contribution is 8.00. The van der Waals surface area contributed by atoms with Gasteiger partial charge in [0, 0.05) is 15.8 Å². The van der Waals surface area contributed by atoms with Gasteiger partial charge in [0.15, 0.2) is 0 Å². The smallest absolute Gasteiger partial charge is 0.418 e. The van der Waals surface area contributed by atoms with Crippen LogP contribution < -0.4 is 19.8 Å². The van der Waals surface area contributed by atoms with Crippen LogP contribution >= 0.6 is 34.7 Å². The molecule has 3 amide bonds. The van der Waals surface area contributed by atoms with Crippen LogP contribution in [0, 0.1) is 5.92 Å². The average Bonchev–Trinajstić information content (AvgIpc) is 3.43. The van der Waals surface area contributed by atoms with E-state index in [0.717, 1.165) is 44.7 Å². The van der Waals surface area contributed by atoms with Crippen molar-refractivity contribution in [2.24, 2.45) is 5.92 Å². The number of para-hydroxylation sites is 1. The lowest BCUT2D eigenvalue weighted by Gasteiger charge is -2.30.